The number of pyridine rings is 2. The van der Waals surface area contributed by atoms with Crippen LogP contribution in [0.4, 0.5) is 5.69 Å². The molecule has 0 bridgehead atoms. The Hall–Kier alpha value is -4.16. The van der Waals surface area contributed by atoms with Crippen LogP contribution < -0.4 is 11.1 Å². The van der Waals surface area contributed by atoms with E-state index in [1.54, 1.807) is 42.6 Å². The molecule has 0 unspecified atom stereocenters. The number of nitrogens with two attached hydrogens (primary N) is 1. The molecule has 0 aliphatic carbocycles. The SMILES string of the molecule is Cc1nn(CC2CCN(S(=O)(=O)c3cccnc3)CC2)c(C)c1NC(=O)c1cc(C(N)=O)c2ccccc2n1. The summed E-state index contributed by atoms with van der Waals surface area (Å²) in [5.41, 5.74) is 8.36. The number of nitrogens with one attached hydrogen (secondary N) is 1. The van der Waals surface area contributed by atoms with E-state index in [0.717, 1.165) is 5.69 Å². The third-order valence-corrected chi connectivity index (χ3v) is 8.99. The number of para-hydroxylation sites is 1. The maximum absolute atomic E-state index is 13.2. The van der Waals surface area contributed by atoms with Gasteiger partial charge in [0.05, 0.1) is 28.2 Å². The first kappa shape index (κ1) is 26.4. The van der Waals surface area contributed by atoms with Crippen LogP contribution in [0.2, 0.25) is 0 Å². The van der Waals surface area contributed by atoms with E-state index < -0.39 is 21.8 Å². The fraction of sp³-hybridized carbons (Fsp3) is 0.296. The van der Waals surface area contributed by atoms with Crippen molar-refractivity contribution < 1.29 is 18.0 Å². The van der Waals surface area contributed by atoms with Crippen LogP contribution in [0, 0.1) is 19.8 Å². The Bertz CT molecular complexity index is 1660. The Kier molecular flexibility index (Phi) is 7.15. The lowest BCUT2D eigenvalue weighted by atomic mass is 9.98. The highest BCUT2D eigenvalue weighted by Gasteiger charge is 2.30. The van der Waals surface area contributed by atoms with E-state index in [-0.39, 0.29) is 22.1 Å². The van der Waals surface area contributed by atoms with Gasteiger partial charge in [-0.3, -0.25) is 19.3 Å². The number of aromatic nitrogens is 4. The number of anilines is 1. The van der Waals surface area contributed by atoms with Gasteiger partial charge in [0.1, 0.15) is 10.6 Å². The highest BCUT2D eigenvalue weighted by Crippen LogP contribution is 2.27. The number of rotatable bonds is 7. The molecule has 3 aromatic heterocycles. The van der Waals surface area contributed by atoms with Crippen LogP contribution in [0.15, 0.2) is 59.8 Å². The Morgan fingerprint density at radius 3 is 2.54 bits per heavy atom. The molecule has 39 heavy (non-hydrogen) atoms. The molecule has 202 valence electrons. The minimum absolute atomic E-state index is 0.0799. The Balaban J connectivity index is 1.28. The highest BCUT2D eigenvalue weighted by molar-refractivity contribution is 7.89. The number of sulfonamides is 1. The molecule has 1 fully saturated rings. The number of nitrogens with zero attached hydrogens (tertiary/aromatic N) is 5. The molecule has 0 atom stereocenters. The lowest BCUT2D eigenvalue weighted by Gasteiger charge is -2.31. The van der Waals surface area contributed by atoms with Crippen molar-refractivity contribution in [2.24, 2.45) is 11.7 Å². The largest absolute Gasteiger partial charge is 0.366 e. The number of hydrogen-bond acceptors (Lipinski definition) is 7. The summed E-state index contributed by atoms with van der Waals surface area (Å²) in [6.07, 6.45) is 4.30. The number of aryl methyl sites for hydroxylation is 1. The predicted octanol–water partition coefficient (Wildman–Crippen LogP) is 2.90. The van der Waals surface area contributed by atoms with Gasteiger partial charge in [-0.1, -0.05) is 18.2 Å². The van der Waals surface area contributed by atoms with Crippen molar-refractivity contribution in [1.29, 1.82) is 0 Å². The van der Waals surface area contributed by atoms with Crippen LogP contribution in [0.1, 0.15) is 45.1 Å². The van der Waals surface area contributed by atoms with Crippen molar-refractivity contribution in [1.82, 2.24) is 24.1 Å². The molecule has 4 heterocycles. The summed E-state index contributed by atoms with van der Waals surface area (Å²) in [5, 5.41) is 8.11. The second-order valence-electron chi connectivity index (χ2n) is 9.65. The maximum Gasteiger partial charge on any atom is 0.274 e. The van der Waals surface area contributed by atoms with Gasteiger partial charge in [-0.25, -0.2) is 13.4 Å². The van der Waals surface area contributed by atoms with Crippen LogP contribution in [0.25, 0.3) is 10.9 Å². The van der Waals surface area contributed by atoms with Gasteiger partial charge >= 0.3 is 0 Å². The molecule has 11 nitrogen and oxygen atoms in total. The zero-order valence-electron chi connectivity index (χ0n) is 21.7. The summed E-state index contributed by atoms with van der Waals surface area (Å²) in [6.45, 7) is 5.12. The third-order valence-electron chi connectivity index (χ3n) is 7.11. The number of hydrogen-bond donors (Lipinski definition) is 2. The van der Waals surface area contributed by atoms with Gasteiger partial charge in [0, 0.05) is 37.4 Å². The summed E-state index contributed by atoms with van der Waals surface area (Å²) in [5.74, 6) is -0.878. The molecule has 1 aromatic carbocycles. The van der Waals surface area contributed by atoms with Gasteiger partial charge in [0.15, 0.2) is 0 Å². The molecule has 5 rings (SSSR count). The van der Waals surface area contributed by atoms with Gasteiger partial charge in [0.2, 0.25) is 15.9 Å². The fourth-order valence-corrected chi connectivity index (χ4v) is 6.39. The van der Waals surface area contributed by atoms with Crippen molar-refractivity contribution in [3.63, 3.8) is 0 Å². The monoisotopic (exact) mass is 547 g/mol. The van der Waals surface area contributed by atoms with Crippen molar-refractivity contribution in [2.75, 3.05) is 18.4 Å². The van der Waals surface area contributed by atoms with E-state index in [0.29, 0.717) is 54.8 Å². The van der Waals surface area contributed by atoms with Crippen molar-refractivity contribution in [2.45, 2.75) is 38.1 Å². The van der Waals surface area contributed by atoms with E-state index in [1.165, 1.54) is 16.6 Å². The lowest BCUT2D eigenvalue weighted by Crippen LogP contribution is -2.39. The van der Waals surface area contributed by atoms with Gasteiger partial charge in [0.25, 0.3) is 5.91 Å². The average molecular weight is 548 g/mol. The smallest absolute Gasteiger partial charge is 0.274 e. The maximum atomic E-state index is 13.2. The number of piperidine rings is 1. The zero-order valence-corrected chi connectivity index (χ0v) is 22.5. The number of carbonyl (C=O) groups excluding carboxylic acids is 2. The topological polar surface area (TPSA) is 153 Å². The Morgan fingerprint density at radius 1 is 1.10 bits per heavy atom. The first-order valence-corrected chi connectivity index (χ1v) is 14.0. The quantitative estimate of drug-likeness (QED) is 0.361. The van der Waals surface area contributed by atoms with Crippen LogP contribution in [-0.4, -0.2) is 57.4 Å². The van der Waals surface area contributed by atoms with Crippen molar-refractivity contribution in [3.8, 4) is 0 Å². The third kappa shape index (κ3) is 5.25. The number of fused-ring (bicyclic) bond motifs is 1. The minimum atomic E-state index is -3.57. The van der Waals surface area contributed by atoms with E-state index in [1.807, 2.05) is 18.5 Å². The zero-order chi connectivity index (χ0) is 27.7. The minimum Gasteiger partial charge on any atom is -0.366 e. The van der Waals surface area contributed by atoms with E-state index >= 15 is 0 Å². The fourth-order valence-electron chi connectivity index (χ4n) is 4.95. The molecule has 12 heteroatoms. The molecule has 4 aromatic rings. The van der Waals surface area contributed by atoms with Gasteiger partial charge in [-0.2, -0.15) is 9.40 Å². The molecular weight excluding hydrogens is 518 g/mol. The first-order valence-electron chi connectivity index (χ1n) is 12.6. The summed E-state index contributed by atoms with van der Waals surface area (Å²) >= 11 is 0. The number of carbonyl (C=O) groups is 2. The number of primary amides is 1. The van der Waals surface area contributed by atoms with Crippen LogP contribution in [0.5, 0.6) is 0 Å². The Labute approximate surface area is 226 Å². The van der Waals surface area contributed by atoms with Gasteiger partial charge in [-0.15, -0.1) is 0 Å². The Morgan fingerprint density at radius 2 is 1.85 bits per heavy atom. The number of benzene rings is 1. The van der Waals surface area contributed by atoms with Crippen molar-refractivity contribution >= 4 is 38.4 Å². The summed E-state index contributed by atoms with van der Waals surface area (Å²) in [4.78, 5) is 33.7. The number of amides is 2. The molecule has 1 aliphatic heterocycles. The van der Waals surface area contributed by atoms with Gasteiger partial charge < -0.3 is 11.1 Å². The summed E-state index contributed by atoms with van der Waals surface area (Å²) in [6, 6.07) is 11.6. The molecule has 0 radical (unpaired) electrons. The second kappa shape index (κ2) is 10.5. The first-order chi connectivity index (χ1) is 18.6. The average Bonchev–Trinajstić information content (AvgIpc) is 3.20. The predicted molar refractivity (Wildman–Crippen MR) is 146 cm³/mol. The summed E-state index contributed by atoms with van der Waals surface area (Å²) < 4.78 is 29.2. The van der Waals surface area contributed by atoms with Gasteiger partial charge in [-0.05, 0) is 56.9 Å². The lowest BCUT2D eigenvalue weighted by molar-refractivity contribution is 0.100. The van der Waals surface area contributed by atoms with Crippen molar-refractivity contribution in [3.05, 3.63) is 77.5 Å². The molecule has 1 saturated heterocycles. The molecular formula is C27H29N7O4S. The standard InChI is InChI=1S/C27H29N7O4S/c1-17-25(31-27(36)24-14-22(26(28)35)21-7-3-4-8-23(21)30-24)18(2)34(32-17)16-19-9-12-33(13-10-19)39(37,38)20-6-5-11-29-15-20/h3-8,11,14-15,19H,9-10,12-13,16H2,1-2H3,(H2,28,35)(H,31,36). The molecule has 0 saturated carbocycles. The molecule has 3 N–H and O–H groups in total. The molecule has 2 amide bonds. The highest BCUT2D eigenvalue weighted by atomic mass is 32.2. The van der Waals surface area contributed by atoms with Crippen LogP contribution in [-0.2, 0) is 16.6 Å². The van der Waals surface area contributed by atoms with Crippen LogP contribution >= 0.6 is 0 Å². The van der Waals surface area contributed by atoms with E-state index in [4.69, 9.17) is 5.73 Å². The molecule has 0 spiro atoms. The van der Waals surface area contributed by atoms with E-state index in [2.05, 4.69) is 20.4 Å². The second-order valence-corrected chi connectivity index (χ2v) is 11.6. The molecule has 1 aliphatic rings. The summed E-state index contributed by atoms with van der Waals surface area (Å²) in [7, 11) is -3.57. The normalized spacial score (nSPS) is 14.9. The van der Waals surface area contributed by atoms with Crippen LogP contribution in [0.3, 0.4) is 0 Å². The van der Waals surface area contributed by atoms with E-state index in [9.17, 15) is 18.0 Å².